The van der Waals surface area contributed by atoms with E-state index in [-0.39, 0.29) is 12.2 Å². The molecule has 1 heterocycles. The van der Waals surface area contributed by atoms with Gasteiger partial charge in [0.15, 0.2) is 6.29 Å². The fourth-order valence-electron chi connectivity index (χ4n) is 3.94. The molecule has 2 atom stereocenters. The van der Waals surface area contributed by atoms with Crippen LogP contribution < -0.4 is 4.74 Å². The van der Waals surface area contributed by atoms with Gasteiger partial charge in [0.25, 0.3) is 0 Å². The maximum atomic E-state index is 6.47. The molecular weight excluding hydrogens is 388 g/mol. The Balaban J connectivity index is 1.69. The molecule has 0 aromatic heterocycles. The Bertz CT molecular complexity index is 817. The summed E-state index contributed by atoms with van der Waals surface area (Å²) in [5, 5.41) is 0. The second kappa shape index (κ2) is 10.9. The first kappa shape index (κ1) is 23.5. The highest BCUT2D eigenvalue weighted by atomic mass is 16.7. The van der Waals surface area contributed by atoms with Crippen molar-refractivity contribution in [2.24, 2.45) is 11.8 Å². The van der Waals surface area contributed by atoms with Crippen molar-refractivity contribution < 1.29 is 18.9 Å². The number of hydrogen-bond donors (Lipinski definition) is 0. The van der Waals surface area contributed by atoms with E-state index < -0.39 is 6.29 Å². The summed E-state index contributed by atoms with van der Waals surface area (Å²) in [5.41, 5.74) is 4.68. The van der Waals surface area contributed by atoms with E-state index in [1.807, 2.05) is 24.3 Å². The van der Waals surface area contributed by atoms with Gasteiger partial charge in [0.2, 0.25) is 0 Å². The molecular formula is C27H36O4. The van der Waals surface area contributed by atoms with E-state index >= 15 is 0 Å². The van der Waals surface area contributed by atoms with Crippen LogP contribution >= 0.6 is 0 Å². The highest BCUT2D eigenvalue weighted by Gasteiger charge is 2.33. The van der Waals surface area contributed by atoms with E-state index in [9.17, 15) is 0 Å². The maximum Gasteiger partial charge on any atom is 0.178 e. The topological polar surface area (TPSA) is 36.9 Å². The molecule has 0 saturated heterocycles. The Morgan fingerprint density at radius 3 is 1.94 bits per heavy atom. The lowest BCUT2D eigenvalue weighted by Crippen LogP contribution is -2.21. The number of fused-ring (bicyclic) bond motifs is 1. The minimum Gasteiger partial charge on any atom is -0.497 e. The van der Waals surface area contributed by atoms with Crippen LogP contribution in [0.5, 0.6) is 5.75 Å². The van der Waals surface area contributed by atoms with Crippen LogP contribution in [0.1, 0.15) is 63.5 Å². The average molecular weight is 425 g/mol. The second-order valence-electron chi connectivity index (χ2n) is 8.95. The molecule has 4 nitrogen and oxygen atoms in total. The normalized spacial score (nSPS) is 21.8. The molecule has 1 aliphatic heterocycles. The van der Waals surface area contributed by atoms with Gasteiger partial charge in [-0.25, -0.2) is 0 Å². The molecule has 2 unspecified atom stereocenters. The van der Waals surface area contributed by atoms with Crippen molar-refractivity contribution in [3.05, 3.63) is 76.9 Å². The van der Waals surface area contributed by atoms with Gasteiger partial charge in [0, 0.05) is 0 Å². The van der Waals surface area contributed by atoms with Crippen molar-refractivity contribution in [2.45, 2.75) is 59.7 Å². The van der Waals surface area contributed by atoms with Crippen LogP contribution in [0.15, 0.2) is 60.2 Å². The zero-order valence-corrected chi connectivity index (χ0v) is 19.6. The molecule has 3 rings (SSSR count). The molecule has 0 bridgehead atoms. The molecule has 0 saturated carbocycles. The molecule has 2 aromatic rings. The summed E-state index contributed by atoms with van der Waals surface area (Å²) in [6, 6.07) is 16.5. The molecule has 0 fully saturated rings. The first-order valence-electron chi connectivity index (χ1n) is 11.2. The largest absolute Gasteiger partial charge is 0.497 e. The van der Waals surface area contributed by atoms with Gasteiger partial charge < -0.3 is 18.9 Å². The number of methoxy groups -OCH3 is 1. The van der Waals surface area contributed by atoms with Crippen LogP contribution in [-0.4, -0.2) is 20.0 Å². The minimum absolute atomic E-state index is 0.00535. The second-order valence-corrected chi connectivity index (χ2v) is 8.95. The standard InChI is InChI=1S/C27H36O4/c1-18(2)26-23-9-7-8-10-24(23)27(19(3)4)31-25(30-26)15-20(5)16-29-17-21-11-13-22(28-6)14-12-21/h7-15,18-19,25-27H,16-17H2,1-6H3/b20-15+. The smallest absolute Gasteiger partial charge is 0.178 e. The first-order chi connectivity index (χ1) is 14.9. The zero-order chi connectivity index (χ0) is 22.4. The van der Waals surface area contributed by atoms with Gasteiger partial charge in [-0.15, -0.1) is 0 Å². The van der Waals surface area contributed by atoms with Gasteiger partial charge in [0.05, 0.1) is 32.5 Å². The summed E-state index contributed by atoms with van der Waals surface area (Å²) in [6.07, 6.45) is 1.64. The van der Waals surface area contributed by atoms with Crippen molar-refractivity contribution in [3.8, 4) is 5.75 Å². The van der Waals surface area contributed by atoms with Crippen LogP contribution in [0.4, 0.5) is 0 Å². The highest BCUT2D eigenvalue weighted by Crippen LogP contribution is 2.41. The average Bonchev–Trinajstić information content (AvgIpc) is 2.92. The van der Waals surface area contributed by atoms with Crippen LogP contribution in [0.25, 0.3) is 0 Å². The van der Waals surface area contributed by atoms with Crippen molar-refractivity contribution in [1.82, 2.24) is 0 Å². The molecule has 0 amide bonds. The van der Waals surface area contributed by atoms with E-state index in [0.717, 1.165) is 16.9 Å². The van der Waals surface area contributed by atoms with E-state index in [2.05, 4.69) is 65.0 Å². The molecule has 0 aliphatic carbocycles. The lowest BCUT2D eigenvalue weighted by Gasteiger charge is -2.25. The maximum absolute atomic E-state index is 6.47. The SMILES string of the molecule is COc1ccc(COC/C(C)=C/C2OC(C(C)C)c3ccccc3C(C(C)C)O2)cc1. The lowest BCUT2D eigenvalue weighted by atomic mass is 9.89. The van der Waals surface area contributed by atoms with E-state index in [1.165, 1.54) is 11.1 Å². The van der Waals surface area contributed by atoms with E-state index in [0.29, 0.717) is 25.0 Å². The van der Waals surface area contributed by atoms with Crippen LogP contribution in [0, 0.1) is 11.8 Å². The van der Waals surface area contributed by atoms with Gasteiger partial charge in [-0.1, -0.05) is 64.1 Å². The van der Waals surface area contributed by atoms with Crippen LogP contribution in [-0.2, 0) is 20.8 Å². The third-order valence-corrected chi connectivity index (χ3v) is 5.56. The Morgan fingerprint density at radius 2 is 1.45 bits per heavy atom. The van der Waals surface area contributed by atoms with E-state index in [4.69, 9.17) is 18.9 Å². The summed E-state index contributed by atoms with van der Waals surface area (Å²) >= 11 is 0. The van der Waals surface area contributed by atoms with Gasteiger partial charge in [-0.3, -0.25) is 0 Å². The number of hydrogen-bond acceptors (Lipinski definition) is 4. The Labute approximate surface area is 187 Å². The Kier molecular flexibility index (Phi) is 8.30. The molecule has 0 N–H and O–H groups in total. The van der Waals surface area contributed by atoms with Crippen molar-refractivity contribution in [2.75, 3.05) is 13.7 Å². The van der Waals surface area contributed by atoms with Crippen LogP contribution in [0.3, 0.4) is 0 Å². The van der Waals surface area contributed by atoms with Gasteiger partial charge in [-0.2, -0.15) is 0 Å². The van der Waals surface area contributed by atoms with Gasteiger partial charge in [0.1, 0.15) is 5.75 Å². The number of rotatable bonds is 8. The quantitative estimate of drug-likeness (QED) is 0.446. The predicted octanol–water partition coefficient (Wildman–Crippen LogP) is 6.63. The summed E-state index contributed by atoms with van der Waals surface area (Å²) in [4.78, 5) is 0. The summed E-state index contributed by atoms with van der Waals surface area (Å²) < 4.78 is 24.1. The summed E-state index contributed by atoms with van der Waals surface area (Å²) in [5.74, 6) is 1.54. The monoisotopic (exact) mass is 424 g/mol. The van der Waals surface area contributed by atoms with Gasteiger partial charge >= 0.3 is 0 Å². The number of benzene rings is 2. The fraction of sp³-hybridized carbons (Fsp3) is 0.481. The highest BCUT2D eigenvalue weighted by molar-refractivity contribution is 5.33. The molecule has 31 heavy (non-hydrogen) atoms. The summed E-state index contributed by atoms with van der Waals surface area (Å²) in [7, 11) is 1.67. The molecule has 0 radical (unpaired) electrons. The van der Waals surface area contributed by atoms with Crippen molar-refractivity contribution in [3.63, 3.8) is 0 Å². The third-order valence-electron chi connectivity index (χ3n) is 5.56. The third kappa shape index (κ3) is 6.19. The molecule has 2 aromatic carbocycles. The van der Waals surface area contributed by atoms with E-state index in [1.54, 1.807) is 7.11 Å². The first-order valence-corrected chi connectivity index (χ1v) is 11.2. The molecule has 0 spiro atoms. The fourth-order valence-corrected chi connectivity index (χ4v) is 3.94. The predicted molar refractivity (Wildman–Crippen MR) is 124 cm³/mol. The lowest BCUT2D eigenvalue weighted by molar-refractivity contribution is -0.178. The summed E-state index contributed by atoms with van der Waals surface area (Å²) in [6.45, 7) is 11.9. The van der Waals surface area contributed by atoms with Crippen LogP contribution in [0.2, 0.25) is 0 Å². The Hall–Kier alpha value is -2.14. The zero-order valence-electron chi connectivity index (χ0n) is 19.6. The van der Waals surface area contributed by atoms with Gasteiger partial charge in [-0.05, 0) is 59.2 Å². The minimum atomic E-state index is -0.406. The molecule has 1 aliphatic rings. The molecule has 168 valence electrons. The van der Waals surface area contributed by atoms with Crippen molar-refractivity contribution >= 4 is 0 Å². The Morgan fingerprint density at radius 1 is 0.903 bits per heavy atom. The van der Waals surface area contributed by atoms with Crippen molar-refractivity contribution in [1.29, 1.82) is 0 Å². The number of ether oxygens (including phenoxy) is 4. The molecule has 4 heteroatoms.